The van der Waals surface area contributed by atoms with Gasteiger partial charge in [-0.25, -0.2) is 0 Å². The molecule has 2 fully saturated rings. The second-order valence-electron chi connectivity index (χ2n) is 13.2. The quantitative estimate of drug-likeness (QED) is 0.410. The van der Waals surface area contributed by atoms with Gasteiger partial charge in [0.05, 0.1) is 11.5 Å². The number of benzene rings is 2. The molecule has 6 atom stereocenters. The molecule has 4 aliphatic carbocycles. The van der Waals surface area contributed by atoms with Gasteiger partial charge >= 0.3 is 0 Å². The molecule has 8 nitrogen and oxygen atoms in total. The number of amides is 1. The minimum atomic E-state index is -2.68. The molecule has 0 aliphatic heterocycles. The van der Waals surface area contributed by atoms with Crippen LogP contribution in [-0.4, -0.2) is 44.9 Å². The summed E-state index contributed by atoms with van der Waals surface area (Å²) in [7, 11) is 0. The number of phenolic OH excluding ortho intramolecular Hbond substituents is 1. The summed E-state index contributed by atoms with van der Waals surface area (Å²) in [5.74, 6) is -11.4. The van der Waals surface area contributed by atoms with E-state index in [0.717, 1.165) is 30.4 Å². The monoisotopic (exact) mass is 595 g/mol. The van der Waals surface area contributed by atoms with Crippen LogP contribution in [0, 0.1) is 35.5 Å². The third kappa shape index (κ3) is 4.58. The first kappa shape index (κ1) is 29.9. The van der Waals surface area contributed by atoms with Gasteiger partial charge in [-0.3, -0.25) is 24.0 Å². The Morgan fingerprint density at radius 2 is 1.73 bits per heavy atom. The van der Waals surface area contributed by atoms with E-state index in [9.17, 15) is 34.2 Å². The minimum Gasteiger partial charge on any atom is -0.507 e. The molecular weight excluding hydrogens is 558 g/mol. The number of Topliss-reactive ketones (excluding diaryl/α,β-unsaturated/α-hetero) is 4. The molecule has 6 rings (SSSR count). The molecule has 0 aromatic heterocycles. The lowest BCUT2D eigenvalue weighted by Gasteiger charge is -2.52. The highest BCUT2D eigenvalue weighted by Gasteiger charge is 2.69. The van der Waals surface area contributed by atoms with Gasteiger partial charge in [0.25, 0.3) is 0 Å². The van der Waals surface area contributed by atoms with Gasteiger partial charge in [0.1, 0.15) is 5.75 Å². The second kappa shape index (κ2) is 11.1. The molecule has 4 aliphatic rings. The summed E-state index contributed by atoms with van der Waals surface area (Å²) in [4.78, 5) is 67.0. The van der Waals surface area contributed by atoms with Crippen molar-refractivity contribution < 1.29 is 34.2 Å². The van der Waals surface area contributed by atoms with Gasteiger partial charge in [0.15, 0.2) is 34.7 Å². The molecule has 2 saturated carbocycles. The normalized spacial score (nSPS) is 29.6. The number of rotatable bonds is 7. The Morgan fingerprint density at radius 1 is 1.00 bits per heavy atom. The molecule has 1 amide bonds. The Bertz CT molecular complexity index is 1650. The molecule has 4 N–H and O–H groups in total. The van der Waals surface area contributed by atoms with Crippen LogP contribution < -0.4 is 5.73 Å². The molecule has 2 aromatic rings. The Morgan fingerprint density at radius 3 is 2.41 bits per heavy atom. The highest BCUT2D eigenvalue weighted by atomic mass is 16.3. The van der Waals surface area contributed by atoms with Gasteiger partial charge in [-0.2, -0.15) is 0 Å². The van der Waals surface area contributed by atoms with Gasteiger partial charge in [0.2, 0.25) is 5.91 Å². The van der Waals surface area contributed by atoms with Gasteiger partial charge in [-0.15, -0.1) is 0 Å². The van der Waals surface area contributed by atoms with E-state index in [1.54, 1.807) is 19.9 Å². The predicted molar refractivity (Wildman–Crippen MR) is 162 cm³/mol. The van der Waals surface area contributed by atoms with Crippen LogP contribution in [0.15, 0.2) is 60.2 Å². The van der Waals surface area contributed by atoms with Crippen molar-refractivity contribution in [2.24, 2.45) is 41.2 Å². The number of fused-ring (bicyclic) bond motifs is 3. The van der Waals surface area contributed by atoms with Crippen LogP contribution in [0.2, 0.25) is 0 Å². The zero-order valence-electron chi connectivity index (χ0n) is 24.9. The van der Waals surface area contributed by atoms with Crippen LogP contribution in [0.5, 0.6) is 5.75 Å². The first-order chi connectivity index (χ1) is 20.9. The molecule has 228 valence electrons. The maximum absolute atomic E-state index is 14.0. The SMILES string of the molecule is CC(C)[C@@H]1C(=O)C(C(N)=O)C(=O)[C@@]2(O)C(=O)C3C(=O)c4c(O)ccc(C5=CC=C(CCCc6ccccc6)C5)c4C[C@H]3C[C@@H]12. The van der Waals surface area contributed by atoms with Crippen molar-refractivity contribution in [2.75, 3.05) is 0 Å². The Hall–Kier alpha value is -4.17. The average molecular weight is 596 g/mol. The van der Waals surface area contributed by atoms with E-state index >= 15 is 0 Å². The minimum absolute atomic E-state index is 0.0313. The number of ketones is 4. The third-order valence-corrected chi connectivity index (χ3v) is 10.3. The predicted octanol–water partition coefficient (Wildman–Crippen LogP) is 3.95. The molecule has 0 heterocycles. The van der Waals surface area contributed by atoms with Crippen molar-refractivity contribution in [3.05, 3.63) is 82.4 Å². The fourth-order valence-corrected chi connectivity index (χ4v) is 8.26. The smallest absolute Gasteiger partial charge is 0.235 e. The largest absolute Gasteiger partial charge is 0.507 e. The van der Waals surface area contributed by atoms with Crippen LogP contribution in [0.4, 0.5) is 0 Å². The summed E-state index contributed by atoms with van der Waals surface area (Å²) in [6.07, 6.45) is 8.11. The van der Waals surface area contributed by atoms with Crippen LogP contribution in [-0.2, 0) is 32.0 Å². The molecule has 2 unspecified atom stereocenters. The number of phenols is 1. The van der Waals surface area contributed by atoms with Crippen molar-refractivity contribution >= 4 is 34.6 Å². The van der Waals surface area contributed by atoms with Crippen LogP contribution >= 0.6 is 0 Å². The lowest BCUT2D eigenvalue weighted by atomic mass is 9.49. The van der Waals surface area contributed by atoms with Gasteiger partial charge in [-0.1, -0.05) is 68.0 Å². The summed E-state index contributed by atoms with van der Waals surface area (Å²) < 4.78 is 0. The highest BCUT2D eigenvalue weighted by molar-refractivity contribution is 6.32. The molecule has 0 spiro atoms. The molecule has 0 radical (unpaired) electrons. The summed E-state index contributed by atoms with van der Waals surface area (Å²) in [5.41, 5.74) is 7.82. The van der Waals surface area contributed by atoms with Gasteiger partial charge in [0, 0.05) is 11.8 Å². The Balaban J connectivity index is 1.29. The lowest BCUT2D eigenvalue weighted by molar-refractivity contribution is -0.182. The number of nitrogens with two attached hydrogens (primary N) is 1. The number of carbonyl (C=O) groups excluding carboxylic acids is 5. The molecule has 0 bridgehead atoms. The topological polar surface area (TPSA) is 152 Å². The number of allylic oxidation sites excluding steroid dienone is 4. The van der Waals surface area contributed by atoms with E-state index < -0.39 is 64.2 Å². The summed E-state index contributed by atoms with van der Waals surface area (Å²) in [5, 5.41) is 22.6. The summed E-state index contributed by atoms with van der Waals surface area (Å²) in [6, 6.07) is 13.6. The number of aromatic hydroxyl groups is 1. The number of hydrogen-bond donors (Lipinski definition) is 3. The number of aryl methyl sites for hydroxylation is 1. The van der Waals surface area contributed by atoms with Crippen molar-refractivity contribution in [3.63, 3.8) is 0 Å². The number of hydrogen-bond acceptors (Lipinski definition) is 7. The summed E-state index contributed by atoms with van der Waals surface area (Å²) in [6.45, 7) is 3.48. The third-order valence-electron chi connectivity index (χ3n) is 10.3. The Kier molecular flexibility index (Phi) is 7.52. The first-order valence-electron chi connectivity index (χ1n) is 15.4. The maximum atomic E-state index is 14.0. The van der Waals surface area contributed by atoms with Gasteiger partial charge in [-0.05, 0) is 78.7 Å². The van der Waals surface area contributed by atoms with Crippen molar-refractivity contribution in [1.29, 1.82) is 0 Å². The fraction of sp³-hybridized carbons (Fsp3) is 0.417. The van der Waals surface area contributed by atoms with Crippen molar-refractivity contribution in [2.45, 2.75) is 58.0 Å². The number of primary amides is 1. The number of aliphatic hydroxyl groups is 1. The van der Waals surface area contributed by atoms with E-state index in [4.69, 9.17) is 5.73 Å². The van der Waals surface area contributed by atoms with E-state index in [2.05, 4.69) is 18.2 Å². The van der Waals surface area contributed by atoms with Crippen LogP contribution in [0.25, 0.3) is 5.57 Å². The van der Waals surface area contributed by atoms with Crippen LogP contribution in [0.1, 0.15) is 66.6 Å². The average Bonchev–Trinajstić information content (AvgIpc) is 3.44. The van der Waals surface area contributed by atoms with Crippen molar-refractivity contribution in [1.82, 2.24) is 0 Å². The van der Waals surface area contributed by atoms with E-state index in [1.165, 1.54) is 17.2 Å². The zero-order valence-corrected chi connectivity index (χ0v) is 24.9. The molecule has 2 aromatic carbocycles. The second-order valence-corrected chi connectivity index (χ2v) is 13.2. The Labute approximate surface area is 256 Å². The van der Waals surface area contributed by atoms with E-state index in [-0.39, 0.29) is 30.1 Å². The van der Waals surface area contributed by atoms with Crippen molar-refractivity contribution in [3.8, 4) is 5.75 Å². The zero-order chi connectivity index (χ0) is 31.5. The van der Waals surface area contributed by atoms with Crippen LogP contribution in [0.3, 0.4) is 0 Å². The number of carbonyl (C=O) groups is 5. The first-order valence-corrected chi connectivity index (χ1v) is 15.4. The highest BCUT2D eigenvalue weighted by Crippen LogP contribution is 2.53. The fourth-order valence-electron chi connectivity index (χ4n) is 8.26. The lowest BCUT2D eigenvalue weighted by Crippen LogP contribution is -2.71. The molecule has 8 heteroatoms. The molecular formula is C36H37NO7. The molecule has 44 heavy (non-hydrogen) atoms. The van der Waals surface area contributed by atoms with E-state index in [0.29, 0.717) is 12.0 Å². The van der Waals surface area contributed by atoms with E-state index in [1.807, 2.05) is 24.3 Å². The molecule has 0 saturated heterocycles. The summed E-state index contributed by atoms with van der Waals surface area (Å²) >= 11 is 0. The maximum Gasteiger partial charge on any atom is 0.235 e. The van der Waals surface area contributed by atoms with Gasteiger partial charge < -0.3 is 15.9 Å². The standard InChI is InChI=1S/C36H37NO7/c1-18(2)27-25-17-22-16-24-23(21-12-11-20(15-21)10-6-9-19-7-4-3-5-8-19)13-14-26(38)29(24)32(40)28(22)33(41)36(25,44)34(42)30(31(27)39)35(37)43/h3-5,7-8,11-14,18,22,25,27-28,30,38,44H,6,9-10,15-17H2,1-2H3,(H2,37,43)/t22-,25-,27-,28?,30?,36-/m0/s1.